The van der Waals surface area contributed by atoms with Crippen LogP contribution in [0.2, 0.25) is 0 Å². The Kier molecular flexibility index (Phi) is 4.74. The Hall–Kier alpha value is -3.21. The SMILES string of the molecule is O=C1C[C@H](c2ccccc2)N(C(=O)Oc2ccccc2)[C@@H]2C1=CC[C@@H]1CCC(=O)[C@@H]12. The maximum absolute atomic E-state index is 13.5. The number of carbonyl (C=O) groups is 3. The molecule has 2 fully saturated rings. The lowest BCUT2D eigenvalue weighted by Gasteiger charge is -2.47. The third kappa shape index (κ3) is 3.15. The number of Topliss-reactive ketones (excluding diaryl/α,β-unsaturated/α-hetero) is 2. The van der Waals surface area contributed by atoms with Crippen LogP contribution in [-0.2, 0) is 9.59 Å². The van der Waals surface area contributed by atoms with E-state index in [9.17, 15) is 14.4 Å². The Bertz CT molecular complexity index is 1010. The minimum Gasteiger partial charge on any atom is -0.410 e. The number of benzene rings is 2. The van der Waals surface area contributed by atoms with Crippen LogP contribution in [0.5, 0.6) is 5.75 Å². The van der Waals surface area contributed by atoms with Gasteiger partial charge in [0.15, 0.2) is 5.78 Å². The number of rotatable bonds is 2. The van der Waals surface area contributed by atoms with Gasteiger partial charge in [0.1, 0.15) is 11.5 Å². The minimum absolute atomic E-state index is 0.0239. The maximum Gasteiger partial charge on any atom is 0.416 e. The van der Waals surface area contributed by atoms with Crippen molar-refractivity contribution in [3.63, 3.8) is 0 Å². The molecule has 3 aliphatic rings. The fourth-order valence-corrected chi connectivity index (χ4v) is 5.25. The van der Waals surface area contributed by atoms with Gasteiger partial charge in [-0.15, -0.1) is 0 Å². The molecule has 0 radical (unpaired) electrons. The summed E-state index contributed by atoms with van der Waals surface area (Å²) in [6.45, 7) is 0. The quantitative estimate of drug-likeness (QED) is 0.744. The summed E-state index contributed by atoms with van der Waals surface area (Å²) in [4.78, 5) is 41.0. The van der Waals surface area contributed by atoms with Crippen LogP contribution in [0.1, 0.15) is 37.3 Å². The van der Waals surface area contributed by atoms with Crippen molar-refractivity contribution in [1.82, 2.24) is 4.90 Å². The highest BCUT2D eigenvalue weighted by Gasteiger charge is 2.53. The summed E-state index contributed by atoms with van der Waals surface area (Å²) < 4.78 is 5.71. The first-order valence-electron chi connectivity index (χ1n) is 10.5. The molecule has 0 spiro atoms. The molecule has 30 heavy (non-hydrogen) atoms. The molecular formula is C25H23NO4. The third-order valence-corrected chi connectivity index (χ3v) is 6.62. The van der Waals surface area contributed by atoms with Crippen molar-refractivity contribution >= 4 is 17.7 Å². The van der Waals surface area contributed by atoms with Crippen LogP contribution < -0.4 is 4.74 Å². The molecule has 4 atom stereocenters. The first kappa shape index (κ1) is 18.8. The van der Waals surface area contributed by atoms with Gasteiger partial charge < -0.3 is 4.74 Å². The zero-order valence-corrected chi connectivity index (χ0v) is 16.6. The minimum atomic E-state index is -0.554. The number of hydrogen-bond donors (Lipinski definition) is 0. The summed E-state index contributed by atoms with van der Waals surface area (Å²) in [6, 6.07) is 17.5. The second kappa shape index (κ2) is 7.56. The lowest BCUT2D eigenvalue weighted by Crippen LogP contribution is -2.56. The molecule has 2 aromatic rings. The van der Waals surface area contributed by atoms with Crippen LogP contribution in [0.3, 0.4) is 0 Å². The zero-order chi connectivity index (χ0) is 20.7. The van der Waals surface area contributed by atoms with Crippen LogP contribution in [0.25, 0.3) is 0 Å². The lowest BCUT2D eigenvalue weighted by molar-refractivity contribution is -0.126. The first-order chi connectivity index (χ1) is 14.6. The number of ketones is 2. The molecule has 5 nitrogen and oxygen atoms in total. The summed E-state index contributed by atoms with van der Waals surface area (Å²) in [5, 5.41) is 0. The van der Waals surface area contributed by atoms with E-state index in [-0.39, 0.29) is 29.8 Å². The van der Waals surface area contributed by atoms with Crippen molar-refractivity contribution in [1.29, 1.82) is 0 Å². The second-order valence-electron chi connectivity index (χ2n) is 8.27. The van der Waals surface area contributed by atoms with Crippen molar-refractivity contribution in [3.05, 3.63) is 77.9 Å². The van der Waals surface area contributed by atoms with Gasteiger partial charge in [0.05, 0.1) is 12.1 Å². The fourth-order valence-electron chi connectivity index (χ4n) is 5.25. The summed E-state index contributed by atoms with van der Waals surface area (Å²) in [5.74, 6) is 0.469. The van der Waals surface area contributed by atoms with Gasteiger partial charge >= 0.3 is 6.09 Å². The topological polar surface area (TPSA) is 63.7 Å². The summed E-state index contributed by atoms with van der Waals surface area (Å²) in [5.41, 5.74) is 1.48. The van der Waals surface area contributed by atoms with Crippen molar-refractivity contribution in [2.24, 2.45) is 11.8 Å². The van der Waals surface area contributed by atoms with E-state index in [0.717, 1.165) is 18.4 Å². The Labute approximate surface area is 175 Å². The standard InChI is InChI=1S/C25H23NO4/c27-21-14-12-17-11-13-19-22(28)15-20(16-7-3-1-4-8-16)26(24(19)23(17)21)25(29)30-18-9-5-2-6-10-18/h1-10,13,17,20,23-24H,11-12,14-15H2/t17-,20-,23-,24-/m1/s1. The summed E-state index contributed by atoms with van der Waals surface area (Å²) in [6.07, 6.45) is 3.69. The number of likely N-dealkylation sites (tertiary alicyclic amines) is 1. The number of ether oxygens (including phenoxy) is 1. The predicted molar refractivity (Wildman–Crippen MR) is 111 cm³/mol. The average molecular weight is 401 g/mol. The molecule has 0 bridgehead atoms. The lowest BCUT2D eigenvalue weighted by atomic mass is 9.71. The number of hydrogen-bond acceptors (Lipinski definition) is 4. The molecule has 5 rings (SSSR count). The predicted octanol–water partition coefficient (Wildman–Crippen LogP) is 4.50. The molecular weight excluding hydrogens is 378 g/mol. The maximum atomic E-state index is 13.5. The fraction of sp³-hybridized carbons (Fsp3) is 0.320. The Morgan fingerprint density at radius 1 is 0.967 bits per heavy atom. The van der Waals surface area contributed by atoms with Gasteiger partial charge in [-0.05, 0) is 36.5 Å². The average Bonchev–Trinajstić information content (AvgIpc) is 3.16. The smallest absolute Gasteiger partial charge is 0.410 e. The number of para-hydroxylation sites is 1. The third-order valence-electron chi connectivity index (χ3n) is 6.62. The van der Waals surface area contributed by atoms with Crippen molar-refractivity contribution in [3.8, 4) is 5.75 Å². The van der Waals surface area contributed by atoms with Gasteiger partial charge in [-0.1, -0.05) is 54.6 Å². The monoisotopic (exact) mass is 401 g/mol. The highest BCUT2D eigenvalue weighted by Crippen LogP contribution is 2.48. The van der Waals surface area contributed by atoms with E-state index in [1.807, 2.05) is 42.5 Å². The molecule has 2 aromatic carbocycles. The van der Waals surface area contributed by atoms with E-state index < -0.39 is 18.2 Å². The van der Waals surface area contributed by atoms with Gasteiger partial charge in [0, 0.05) is 24.3 Å². The van der Waals surface area contributed by atoms with E-state index in [4.69, 9.17) is 4.74 Å². The second-order valence-corrected chi connectivity index (χ2v) is 8.27. The largest absolute Gasteiger partial charge is 0.416 e. The van der Waals surface area contributed by atoms with Crippen LogP contribution in [0, 0.1) is 11.8 Å². The van der Waals surface area contributed by atoms with E-state index in [1.165, 1.54) is 0 Å². The molecule has 152 valence electrons. The van der Waals surface area contributed by atoms with E-state index in [1.54, 1.807) is 29.2 Å². The van der Waals surface area contributed by atoms with Crippen LogP contribution in [0.15, 0.2) is 72.3 Å². The Balaban J connectivity index is 1.59. The highest BCUT2D eigenvalue weighted by atomic mass is 16.6. The molecule has 1 saturated carbocycles. The van der Waals surface area contributed by atoms with Crippen LogP contribution >= 0.6 is 0 Å². The molecule has 1 aliphatic heterocycles. The van der Waals surface area contributed by atoms with Gasteiger partial charge in [-0.2, -0.15) is 0 Å². The van der Waals surface area contributed by atoms with E-state index >= 15 is 0 Å². The van der Waals surface area contributed by atoms with Crippen molar-refractivity contribution in [2.75, 3.05) is 0 Å². The number of amides is 1. The molecule has 1 saturated heterocycles. The summed E-state index contributed by atoms with van der Waals surface area (Å²) in [7, 11) is 0. The molecule has 1 amide bonds. The van der Waals surface area contributed by atoms with Crippen LogP contribution in [-0.4, -0.2) is 28.6 Å². The van der Waals surface area contributed by atoms with Crippen LogP contribution in [0.4, 0.5) is 4.79 Å². The molecule has 0 unspecified atom stereocenters. The number of allylic oxidation sites excluding steroid dienone is 1. The van der Waals surface area contributed by atoms with Gasteiger partial charge in [-0.3, -0.25) is 14.5 Å². The number of piperidine rings is 1. The number of carbonyl (C=O) groups excluding carboxylic acids is 3. The molecule has 2 aliphatic carbocycles. The van der Waals surface area contributed by atoms with Gasteiger partial charge in [0.2, 0.25) is 0 Å². The van der Waals surface area contributed by atoms with E-state index in [0.29, 0.717) is 17.7 Å². The number of nitrogens with zero attached hydrogens (tertiary/aromatic N) is 1. The normalized spacial score (nSPS) is 27.9. The Morgan fingerprint density at radius 2 is 1.67 bits per heavy atom. The molecule has 0 aromatic heterocycles. The zero-order valence-electron chi connectivity index (χ0n) is 16.6. The Morgan fingerprint density at radius 3 is 2.40 bits per heavy atom. The van der Waals surface area contributed by atoms with Crippen molar-refractivity contribution in [2.45, 2.75) is 37.8 Å². The summed E-state index contributed by atoms with van der Waals surface area (Å²) >= 11 is 0. The first-order valence-corrected chi connectivity index (χ1v) is 10.5. The van der Waals surface area contributed by atoms with Crippen molar-refractivity contribution < 1.29 is 19.1 Å². The van der Waals surface area contributed by atoms with E-state index in [2.05, 4.69) is 0 Å². The highest BCUT2D eigenvalue weighted by molar-refractivity contribution is 6.01. The molecule has 5 heteroatoms. The molecule has 0 N–H and O–H groups in total. The molecule has 1 heterocycles. The van der Waals surface area contributed by atoms with Gasteiger partial charge in [-0.25, -0.2) is 4.79 Å². The van der Waals surface area contributed by atoms with Gasteiger partial charge in [0.25, 0.3) is 0 Å². The number of fused-ring (bicyclic) bond motifs is 3.